The SMILES string of the molecule is CS(=O)(=O)CCCn1c(CCCl)nc2c(Cl)cccc21. The van der Waals surface area contributed by atoms with Crippen molar-refractivity contribution in [3.8, 4) is 0 Å². The molecule has 2 rings (SSSR count). The standard InChI is InChI=1S/C13H16Cl2N2O2S/c1-20(18,19)9-3-8-17-11-5-2-4-10(15)13(11)16-12(17)6-7-14/h2,4-5H,3,6-9H2,1H3. The molecule has 0 saturated carbocycles. The number of benzene rings is 1. The van der Waals surface area contributed by atoms with Crippen molar-refractivity contribution in [2.24, 2.45) is 0 Å². The Morgan fingerprint density at radius 2 is 2.10 bits per heavy atom. The van der Waals surface area contributed by atoms with E-state index in [9.17, 15) is 8.42 Å². The van der Waals surface area contributed by atoms with Gasteiger partial charge in [-0.15, -0.1) is 11.6 Å². The molecule has 2 aromatic rings. The Hall–Kier alpha value is -0.780. The van der Waals surface area contributed by atoms with Gasteiger partial charge < -0.3 is 4.57 Å². The van der Waals surface area contributed by atoms with Gasteiger partial charge in [0, 0.05) is 25.1 Å². The van der Waals surface area contributed by atoms with Crippen molar-refractivity contribution >= 4 is 44.1 Å². The van der Waals surface area contributed by atoms with Crippen LogP contribution in [-0.2, 0) is 22.8 Å². The third-order valence-corrected chi connectivity index (χ3v) is 4.55. The molecule has 7 heteroatoms. The van der Waals surface area contributed by atoms with E-state index in [2.05, 4.69) is 4.98 Å². The predicted octanol–water partition coefficient (Wildman–Crippen LogP) is 2.91. The molecule has 0 amide bonds. The third kappa shape index (κ3) is 3.65. The van der Waals surface area contributed by atoms with E-state index < -0.39 is 9.84 Å². The van der Waals surface area contributed by atoms with Crippen LogP contribution in [-0.4, -0.2) is 35.9 Å². The Kier molecular flexibility index (Phi) is 4.94. The van der Waals surface area contributed by atoms with Gasteiger partial charge in [-0.1, -0.05) is 17.7 Å². The van der Waals surface area contributed by atoms with Gasteiger partial charge >= 0.3 is 0 Å². The third-order valence-electron chi connectivity index (χ3n) is 3.02. The summed E-state index contributed by atoms with van der Waals surface area (Å²) in [7, 11) is -2.95. The minimum absolute atomic E-state index is 0.160. The molecule has 1 aromatic carbocycles. The van der Waals surface area contributed by atoms with Crippen molar-refractivity contribution in [1.29, 1.82) is 0 Å². The number of alkyl halides is 1. The maximum Gasteiger partial charge on any atom is 0.147 e. The van der Waals surface area contributed by atoms with E-state index >= 15 is 0 Å². The number of rotatable bonds is 6. The average Bonchev–Trinajstić information content (AvgIpc) is 2.69. The molecule has 0 bridgehead atoms. The van der Waals surface area contributed by atoms with Crippen molar-refractivity contribution in [3.63, 3.8) is 0 Å². The molecule has 0 aliphatic rings. The van der Waals surface area contributed by atoms with Crippen molar-refractivity contribution in [1.82, 2.24) is 9.55 Å². The maximum absolute atomic E-state index is 11.2. The number of aryl methyl sites for hydroxylation is 2. The number of fused-ring (bicyclic) bond motifs is 1. The second kappa shape index (κ2) is 6.33. The molecule has 1 heterocycles. The van der Waals surface area contributed by atoms with Gasteiger partial charge in [0.25, 0.3) is 0 Å². The van der Waals surface area contributed by atoms with E-state index in [4.69, 9.17) is 23.2 Å². The van der Waals surface area contributed by atoms with E-state index in [1.54, 1.807) is 6.07 Å². The van der Waals surface area contributed by atoms with E-state index in [1.165, 1.54) is 6.26 Å². The molecule has 0 spiro atoms. The fourth-order valence-corrected chi connectivity index (χ4v) is 3.20. The zero-order valence-electron chi connectivity index (χ0n) is 11.1. The van der Waals surface area contributed by atoms with Crippen LogP contribution in [0, 0.1) is 0 Å². The monoisotopic (exact) mass is 334 g/mol. The first kappa shape index (κ1) is 15.6. The van der Waals surface area contributed by atoms with Crippen molar-refractivity contribution in [2.75, 3.05) is 17.9 Å². The van der Waals surface area contributed by atoms with E-state index in [1.807, 2.05) is 16.7 Å². The number of nitrogens with zero attached hydrogens (tertiary/aromatic N) is 2. The number of sulfone groups is 1. The van der Waals surface area contributed by atoms with Gasteiger partial charge in [-0.2, -0.15) is 0 Å². The summed E-state index contributed by atoms with van der Waals surface area (Å²) in [5.41, 5.74) is 1.67. The highest BCUT2D eigenvalue weighted by atomic mass is 35.5. The largest absolute Gasteiger partial charge is 0.328 e. The lowest BCUT2D eigenvalue weighted by Crippen LogP contribution is -2.10. The van der Waals surface area contributed by atoms with Crippen LogP contribution < -0.4 is 0 Å². The van der Waals surface area contributed by atoms with Crippen molar-refractivity contribution in [3.05, 3.63) is 29.0 Å². The van der Waals surface area contributed by atoms with Crippen LogP contribution in [0.3, 0.4) is 0 Å². The number of para-hydroxylation sites is 1. The van der Waals surface area contributed by atoms with Gasteiger partial charge in [-0.25, -0.2) is 13.4 Å². The van der Waals surface area contributed by atoms with Gasteiger partial charge in [0.2, 0.25) is 0 Å². The molecule has 1 aromatic heterocycles. The van der Waals surface area contributed by atoms with Crippen LogP contribution >= 0.6 is 23.2 Å². The minimum atomic E-state index is -2.95. The summed E-state index contributed by atoms with van der Waals surface area (Å²) in [4.78, 5) is 4.51. The summed E-state index contributed by atoms with van der Waals surface area (Å²) in [5.74, 6) is 1.47. The number of aromatic nitrogens is 2. The number of hydrogen-bond acceptors (Lipinski definition) is 3. The molecule has 0 saturated heterocycles. The highest BCUT2D eigenvalue weighted by Crippen LogP contribution is 2.24. The molecule has 4 nitrogen and oxygen atoms in total. The lowest BCUT2D eigenvalue weighted by molar-refractivity contribution is 0.590. The predicted molar refractivity (Wildman–Crippen MR) is 83.5 cm³/mol. The zero-order valence-corrected chi connectivity index (χ0v) is 13.5. The first-order chi connectivity index (χ1) is 9.42. The molecule has 0 aliphatic heterocycles. The minimum Gasteiger partial charge on any atom is -0.328 e. The molecule has 0 radical (unpaired) electrons. The molecular formula is C13H16Cl2N2O2S. The highest BCUT2D eigenvalue weighted by molar-refractivity contribution is 7.90. The fourth-order valence-electron chi connectivity index (χ4n) is 2.17. The quantitative estimate of drug-likeness (QED) is 0.763. The van der Waals surface area contributed by atoms with Crippen molar-refractivity contribution < 1.29 is 8.42 Å². The average molecular weight is 335 g/mol. The van der Waals surface area contributed by atoms with Gasteiger partial charge in [-0.05, 0) is 18.6 Å². The van der Waals surface area contributed by atoms with Gasteiger partial charge in [-0.3, -0.25) is 0 Å². The highest BCUT2D eigenvalue weighted by Gasteiger charge is 2.13. The first-order valence-electron chi connectivity index (χ1n) is 6.29. The lowest BCUT2D eigenvalue weighted by Gasteiger charge is -2.08. The van der Waals surface area contributed by atoms with E-state index in [-0.39, 0.29) is 5.75 Å². The van der Waals surface area contributed by atoms with Crippen molar-refractivity contribution in [2.45, 2.75) is 19.4 Å². The second-order valence-corrected chi connectivity index (χ2v) is 7.75. The summed E-state index contributed by atoms with van der Waals surface area (Å²) in [5, 5.41) is 0.597. The second-order valence-electron chi connectivity index (χ2n) is 4.71. The maximum atomic E-state index is 11.2. The fraction of sp³-hybridized carbons (Fsp3) is 0.462. The Labute approximate surface area is 128 Å². The van der Waals surface area contributed by atoms with Crippen LogP contribution in [0.15, 0.2) is 18.2 Å². The van der Waals surface area contributed by atoms with Crippen LogP contribution in [0.2, 0.25) is 5.02 Å². The Balaban J connectivity index is 2.34. The molecule has 110 valence electrons. The molecule has 0 N–H and O–H groups in total. The molecule has 0 atom stereocenters. The van der Waals surface area contributed by atoms with Crippen LogP contribution in [0.5, 0.6) is 0 Å². The smallest absolute Gasteiger partial charge is 0.147 e. The van der Waals surface area contributed by atoms with Crippen LogP contribution in [0.25, 0.3) is 11.0 Å². The van der Waals surface area contributed by atoms with E-state index in [0.717, 1.165) is 16.9 Å². The summed E-state index contributed by atoms with van der Waals surface area (Å²) in [6, 6.07) is 5.60. The molecule has 0 aliphatic carbocycles. The normalized spacial score (nSPS) is 12.2. The Bertz CT molecular complexity index is 710. The van der Waals surface area contributed by atoms with Crippen LogP contribution in [0.4, 0.5) is 0 Å². The number of imidazole rings is 1. The topological polar surface area (TPSA) is 52.0 Å². The number of hydrogen-bond donors (Lipinski definition) is 0. The Morgan fingerprint density at radius 3 is 2.75 bits per heavy atom. The number of halogens is 2. The van der Waals surface area contributed by atoms with Gasteiger partial charge in [0.15, 0.2) is 0 Å². The zero-order chi connectivity index (χ0) is 14.8. The molecular weight excluding hydrogens is 319 g/mol. The first-order valence-corrected chi connectivity index (χ1v) is 9.27. The summed E-state index contributed by atoms with van der Waals surface area (Å²) < 4.78 is 24.5. The van der Waals surface area contributed by atoms with E-state index in [0.29, 0.717) is 30.3 Å². The Morgan fingerprint density at radius 1 is 1.35 bits per heavy atom. The molecule has 20 heavy (non-hydrogen) atoms. The summed E-state index contributed by atoms with van der Waals surface area (Å²) in [6.45, 7) is 0.593. The summed E-state index contributed by atoms with van der Waals surface area (Å²) >= 11 is 11.9. The van der Waals surface area contributed by atoms with Gasteiger partial charge in [0.05, 0.1) is 16.3 Å². The lowest BCUT2D eigenvalue weighted by atomic mass is 10.3. The molecule has 0 unspecified atom stereocenters. The summed E-state index contributed by atoms with van der Waals surface area (Å²) in [6.07, 6.45) is 2.42. The molecule has 0 fully saturated rings. The van der Waals surface area contributed by atoms with Gasteiger partial charge in [0.1, 0.15) is 21.2 Å². The van der Waals surface area contributed by atoms with Crippen LogP contribution in [0.1, 0.15) is 12.2 Å².